The molecule has 0 amide bonds. The highest BCUT2D eigenvalue weighted by atomic mass is 16.5. The molecule has 100 valence electrons. The lowest BCUT2D eigenvalue weighted by Gasteiger charge is -2.38. The predicted molar refractivity (Wildman–Crippen MR) is 69.5 cm³/mol. The standard InChI is InChI=1S/C14H22N2O2/c1-4-18-14(8-5-6-11(2)10-14)13(17)12-7-9-15-16(12)3/h7,9,11H,4-6,8,10H2,1-3H3. The second kappa shape index (κ2) is 5.22. The van der Waals surface area contributed by atoms with Crippen LogP contribution in [-0.4, -0.2) is 27.8 Å². The van der Waals surface area contributed by atoms with Crippen LogP contribution < -0.4 is 0 Å². The zero-order valence-corrected chi connectivity index (χ0v) is 11.5. The van der Waals surface area contributed by atoms with E-state index in [1.54, 1.807) is 24.0 Å². The Hall–Kier alpha value is -1.16. The first kappa shape index (κ1) is 13.3. The Labute approximate surface area is 108 Å². The van der Waals surface area contributed by atoms with Crippen LogP contribution in [0.5, 0.6) is 0 Å². The summed E-state index contributed by atoms with van der Waals surface area (Å²) >= 11 is 0. The summed E-state index contributed by atoms with van der Waals surface area (Å²) in [5, 5.41) is 4.08. The number of aryl methyl sites for hydroxylation is 1. The number of carbonyl (C=O) groups is 1. The maximum atomic E-state index is 12.8. The van der Waals surface area contributed by atoms with E-state index in [9.17, 15) is 4.79 Å². The molecular weight excluding hydrogens is 228 g/mol. The van der Waals surface area contributed by atoms with Gasteiger partial charge < -0.3 is 4.74 Å². The van der Waals surface area contributed by atoms with Crippen molar-refractivity contribution in [1.82, 2.24) is 9.78 Å². The predicted octanol–water partition coefficient (Wildman–Crippen LogP) is 2.59. The van der Waals surface area contributed by atoms with Crippen LogP contribution in [0.2, 0.25) is 0 Å². The van der Waals surface area contributed by atoms with Gasteiger partial charge in [-0.2, -0.15) is 5.10 Å². The van der Waals surface area contributed by atoms with Crippen molar-refractivity contribution in [2.75, 3.05) is 6.61 Å². The van der Waals surface area contributed by atoms with Crippen molar-refractivity contribution < 1.29 is 9.53 Å². The summed E-state index contributed by atoms with van der Waals surface area (Å²) in [7, 11) is 1.80. The molecule has 4 nitrogen and oxygen atoms in total. The maximum absolute atomic E-state index is 12.8. The van der Waals surface area contributed by atoms with Crippen molar-refractivity contribution >= 4 is 5.78 Å². The van der Waals surface area contributed by atoms with Crippen molar-refractivity contribution in [1.29, 1.82) is 0 Å². The van der Waals surface area contributed by atoms with Gasteiger partial charge in [-0.15, -0.1) is 0 Å². The summed E-state index contributed by atoms with van der Waals surface area (Å²) in [6.45, 7) is 4.73. The van der Waals surface area contributed by atoms with Crippen molar-refractivity contribution in [3.8, 4) is 0 Å². The molecule has 0 N–H and O–H groups in total. The molecule has 18 heavy (non-hydrogen) atoms. The molecule has 0 spiro atoms. The van der Waals surface area contributed by atoms with E-state index in [0.29, 0.717) is 18.2 Å². The van der Waals surface area contributed by atoms with E-state index in [4.69, 9.17) is 4.74 Å². The van der Waals surface area contributed by atoms with Crippen LogP contribution >= 0.6 is 0 Å². The van der Waals surface area contributed by atoms with Crippen molar-refractivity contribution in [2.24, 2.45) is 13.0 Å². The summed E-state index contributed by atoms with van der Waals surface area (Å²) in [6, 6.07) is 1.78. The molecule has 2 unspecified atom stereocenters. The van der Waals surface area contributed by atoms with Gasteiger partial charge in [-0.25, -0.2) is 0 Å². The lowest BCUT2D eigenvalue weighted by Crippen LogP contribution is -2.46. The largest absolute Gasteiger partial charge is 0.367 e. The Morgan fingerprint density at radius 3 is 3.00 bits per heavy atom. The molecule has 1 aromatic heterocycles. The molecule has 0 aromatic carbocycles. The number of nitrogens with zero attached hydrogens (tertiary/aromatic N) is 2. The van der Waals surface area contributed by atoms with E-state index < -0.39 is 5.60 Å². The van der Waals surface area contributed by atoms with Gasteiger partial charge in [0.25, 0.3) is 0 Å². The summed E-state index contributed by atoms with van der Waals surface area (Å²) in [6.07, 6.45) is 5.57. The van der Waals surface area contributed by atoms with Crippen molar-refractivity contribution in [3.05, 3.63) is 18.0 Å². The van der Waals surface area contributed by atoms with Crippen LogP contribution in [0.15, 0.2) is 12.3 Å². The second-order valence-corrected chi connectivity index (χ2v) is 5.30. The molecule has 4 heteroatoms. The molecule has 1 aliphatic carbocycles. The Kier molecular flexibility index (Phi) is 3.85. The van der Waals surface area contributed by atoms with Gasteiger partial charge in [0.1, 0.15) is 11.3 Å². The Morgan fingerprint density at radius 1 is 1.67 bits per heavy atom. The lowest BCUT2D eigenvalue weighted by molar-refractivity contribution is -0.0516. The van der Waals surface area contributed by atoms with E-state index in [1.807, 2.05) is 6.92 Å². The molecule has 0 bridgehead atoms. The molecule has 1 fully saturated rings. The summed E-state index contributed by atoms with van der Waals surface area (Å²) in [5.74, 6) is 0.637. The molecule has 1 aliphatic rings. The van der Waals surface area contributed by atoms with Crippen LogP contribution in [0, 0.1) is 5.92 Å². The third kappa shape index (κ3) is 2.34. The average Bonchev–Trinajstić information content (AvgIpc) is 2.75. The van der Waals surface area contributed by atoms with E-state index in [1.165, 1.54) is 6.42 Å². The number of carbonyl (C=O) groups excluding carboxylic acids is 1. The fourth-order valence-corrected chi connectivity index (χ4v) is 3.01. The molecule has 0 aliphatic heterocycles. The van der Waals surface area contributed by atoms with Gasteiger partial charge in [0, 0.05) is 19.9 Å². The molecule has 1 heterocycles. The highest BCUT2D eigenvalue weighted by Crippen LogP contribution is 2.37. The van der Waals surface area contributed by atoms with Crippen LogP contribution in [0.1, 0.15) is 50.0 Å². The minimum atomic E-state index is -0.625. The van der Waals surface area contributed by atoms with Crippen LogP contribution in [-0.2, 0) is 11.8 Å². The highest BCUT2D eigenvalue weighted by Gasteiger charge is 2.43. The summed E-state index contributed by atoms with van der Waals surface area (Å²) in [5.41, 5.74) is 0.0257. The topological polar surface area (TPSA) is 44.1 Å². The molecule has 2 rings (SSSR count). The third-order valence-electron chi connectivity index (χ3n) is 3.84. The van der Waals surface area contributed by atoms with Gasteiger partial charge in [0.2, 0.25) is 5.78 Å². The first-order valence-corrected chi connectivity index (χ1v) is 6.76. The van der Waals surface area contributed by atoms with Crippen LogP contribution in [0.25, 0.3) is 0 Å². The van der Waals surface area contributed by atoms with E-state index in [0.717, 1.165) is 19.3 Å². The van der Waals surface area contributed by atoms with Gasteiger partial charge in [-0.3, -0.25) is 9.48 Å². The number of ketones is 1. The monoisotopic (exact) mass is 250 g/mol. The first-order valence-electron chi connectivity index (χ1n) is 6.76. The van der Waals surface area contributed by atoms with E-state index in [-0.39, 0.29) is 5.78 Å². The minimum absolute atomic E-state index is 0.0934. The van der Waals surface area contributed by atoms with E-state index in [2.05, 4.69) is 12.0 Å². The normalized spacial score (nSPS) is 28.3. The van der Waals surface area contributed by atoms with Gasteiger partial charge in [-0.05, 0) is 38.2 Å². The number of hydrogen-bond acceptors (Lipinski definition) is 3. The first-order chi connectivity index (χ1) is 8.59. The highest BCUT2D eigenvalue weighted by molar-refractivity contribution is 6.01. The van der Waals surface area contributed by atoms with Crippen molar-refractivity contribution in [3.63, 3.8) is 0 Å². The Balaban J connectivity index is 2.29. The van der Waals surface area contributed by atoms with Gasteiger partial charge in [0.15, 0.2) is 0 Å². The van der Waals surface area contributed by atoms with E-state index >= 15 is 0 Å². The molecule has 0 saturated heterocycles. The summed E-state index contributed by atoms with van der Waals surface area (Å²) < 4.78 is 7.53. The maximum Gasteiger partial charge on any atom is 0.212 e. The van der Waals surface area contributed by atoms with Gasteiger partial charge in [-0.1, -0.05) is 13.3 Å². The minimum Gasteiger partial charge on any atom is -0.367 e. The zero-order chi connectivity index (χ0) is 13.2. The lowest BCUT2D eigenvalue weighted by atomic mass is 9.75. The number of ether oxygens (including phenoxy) is 1. The number of Topliss-reactive ketones (excluding diaryl/α,β-unsaturated/α-hetero) is 1. The molecule has 1 saturated carbocycles. The fourth-order valence-electron chi connectivity index (χ4n) is 3.01. The average molecular weight is 250 g/mol. The van der Waals surface area contributed by atoms with Crippen molar-refractivity contribution in [2.45, 2.75) is 45.1 Å². The fraction of sp³-hybridized carbons (Fsp3) is 0.714. The smallest absolute Gasteiger partial charge is 0.212 e. The molecule has 1 aromatic rings. The Bertz CT molecular complexity index is 423. The second-order valence-electron chi connectivity index (χ2n) is 5.30. The molecule has 2 atom stereocenters. The van der Waals surface area contributed by atoms with Gasteiger partial charge >= 0.3 is 0 Å². The summed E-state index contributed by atoms with van der Waals surface area (Å²) in [4.78, 5) is 12.8. The third-order valence-corrected chi connectivity index (χ3v) is 3.84. The zero-order valence-electron chi connectivity index (χ0n) is 11.5. The van der Waals surface area contributed by atoms with Crippen LogP contribution in [0.3, 0.4) is 0 Å². The van der Waals surface area contributed by atoms with Crippen LogP contribution in [0.4, 0.5) is 0 Å². The molecular formula is C14H22N2O2. The molecule has 0 radical (unpaired) electrons. The number of rotatable bonds is 4. The Morgan fingerprint density at radius 2 is 2.44 bits per heavy atom. The van der Waals surface area contributed by atoms with Gasteiger partial charge in [0.05, 0.1) is 0 Å². The quantitative estimate of drug-likeness (QED) is 0.771. The SMILES string of the molecule is CCOC1(C(=O)c2ccnn2C)CCCC(C)C1. The number of hydrogen-bond donors (Lipinski definition) is 0. The number of aromatic nitrogens is 2.